The fourth-order valence-corrected chi connectivity index (χ4v) is 2.91. The van der Waals surface area contributed by atoms with Crippen molar-refractivity contribution in [3.63, 3.8) is 0 Å². The molecule has 1 aliphatic rings. The molecule has 1 amide bonds. The fourth-order valence-electron chi connectivity index (χ4n) is 2.91. The standard InChI is InChI=1S/C18H23F3N2O3/c1-11(2)5-14-9-17(25,18(19,20)21)23(22-14)16(24)10-26-15-7-12(3)6-13(4)8-15/h6-8,11,25H,5,9-10H2,1-4H3/t17-/m0/s1. The number of aliphatic hydroxyl groups is 1. The van der Waals surface area contributed by atoms with Crippen molar-refractivity contribution in [1.29, 1.82) is 0 Å². The molecule has 8 heteroatoms. The van der Waals surface area contributed by atoms with Crippen molar-refractivity contribution < 1.29 is 27.8 Å². The number of hydrogen-bond acceptors (Lipinski definition) is 4. The van der Waals surface area contributed by atoms with Gasteiger partial charge >= 0.3 is 6.18 Å². The Morgan fingerprint density at radius 3 is 2.38 bits per heavy atom. The van der Waals surface area contributed by atoms with E-state index in [0.717, 1.165) is 11.1 Å². The third-order valence-corrected chi connectivity index (χ3v) is 3.93. The summed E-state index contributed by atoms with van der Waals surface area (Å²) in [5.74, 6) is -0.632. The number of nitrogens with zero attached hydrogens (tertiary/aromatic N) is 2. The molecule has 0 spiro atoms. The molecule has 1 aliphatic heterocycles. The minimum atomic E-state index is -5.02. The zero-order valence-corrected chi connectivity index (χ0v) is 15.2. The van der Waals surface area contributed by atoms with E-state index in [0.29, 0.717) is 5.75 Å². The highest BCUT2D eigenvalue weighted by Crippen LogP contribution is 2.41. The number of amides is 1. The van der Waals surface area contributed by atoms with Gasteiger partial charge in [0.05, 0.1) is 0 Å². The second-order valence-electron chi connectivity index (χ2n) is 7.07. The number of hydrogen-bond donors (Lipinski definition) is 1. The number of hydrazone groups is 1. The summed E-state index contributed by atoms with van der Waals surface area (Å²) in [6.45, 7) is 6.67. The van der Waals surface area contributed by atoms with Crippen molar-refractivity contribution >= 4 is 11.6 Å². The van der Waals surface area contributed by atoms with Crippen LogP contribution >= 0.6 is 0 Å². The Morgan fingerprint density at radius 2 is 1.88 bits per heavy atom. The van der Waals surface area contributed by atoms with E-state index in [1.807, 2.05) is 33.8 Å². The van der Waals surface area contributed by atoms with Crippen molar-refractivity contribution in [2.75, 3.05) is 6.61 Å². The minimum absolute atomic E-state index is 0.0489. The number of rotatable bonds is 5. The molecule has 144 valence electrons. The van der Waals surface area contributed by atoms with Crippen LogP contribution in [0.3, 0.4) is 0 Å². The second kappa shape index (κ2) is 7.26. The Bertz CT molecular complexity index is 696. The summed E-state index contributed by atoms with van der Waals surface area (Å²) in [5, 5.41) is 14.0. The largest absolute Gasteiger partial charge is 0.484 e. The number of halogens is 3. The molecule has 2 rings (SSSR count). The van der Waals surface area contributed by atoms with Crippen molar-refractivity contribution in [1.82, 2.24) is 5.01 Å². The minimum Gasteiger partial charge on any atom is -0.484 e. The smallest absolute Gasteiger partial charge is 0.438 e. The summed E-state index contributed by atoms with van der Waals surface area (Å²) in [7, 11) is 0. The van der Waals surface area contributed by atoms with Gasteiger partial charge in [-0.25, -0.2) is 0 Å². The number of alkyl halides is 3. The molecule has 1 aromatic carbocycles. The second-order valence-corrected chi connectivity index (χ2v) is 7.07. The maximum absolute atomic E-state index is 13.4. The van der Waals surface area contributed by atoms with Gasteiger partial charge in [0, 0.05) is 12.1 Å². The Hall–Kier alpha value is -2.09. The van der Waals surface area contributed by atoms with Crippen LogP contribution in [-0.4, -0.2) is 40.2 Å². The number of ether oxygens (including phenoxy) is 1. The van der Waals surface area contributed by atoms with Gasteiger partial charge in [-0.15, -0.1) is 0 Å². The van der Waals surface area contributed by atoms with Crippen molar-refractivity contribution in [3.8, 4) is 5.75 Å². The molecule has 0 aromatic heterocycles. The van der Waals surface area contributed by atoms with Crippen molar-refractivity contribution in [3.05, 3.63) is 29.3 Å². The number of benzene rings is 1. The lowest BCUT2D eigenvalue weighted by Gasteiger charge is -2.32. The highest BCUT2D eigenvalue weighted by atomic mass is 19.4. The Kier molecular flexibility index (Phi) is 5.65. The molecule has 0 fully saturated rings. The summed E-state index contributed by atoms with van der Waals surface area (Å²) in [5.41, 5.74) is -1.39. The predicted octanol–water partition coefficient (Wildman–Crippen LogP) is 3.57. The third kappa shape index (κ3) is 4.35. The van der Waals surface area contributed by atoms with E-state index in [4.69, 9.17) is 4.74 Å². The molecule has 0 saturated carbocycles. The molecule has 1 aromatic rings. The average Bonchev–Trinajstić information content (AvgIpc) is 2.80. The zero-order valence-electron chi connectivity index (χ0n) is 15.2. The number of carbonyl (C=O) groups is 1. The van der Waals surface area contributed by atoms with Crippen molar-refractivity contribution in [2.24, 2.45) is 11.0 Å². The van der Waals surface area contributed by atoms with E-state index in [1.165, 1.54) is 0 Å². The molecular weight excluding hydrogens is 349 g/mol. The van der Waals surface area contributed by atoms with Crippen LogP contribution in [0.25, 0.3) is 0 Å². The first kappa shape index (κ1) is 20.2. The van der Waals surface area contributed by atoms with Crippen LogP contribution in [0.1, 0.15) is 37.8 Å². The predicted molar refractivity (Wildman–Crippen MR) is 90.8 cm³/mol. The van der Waals surface area contributed by atoms with E-state index in [9.17, 15) is 23.1 Å². The molecule has 1 N–H and O–H groups in total. The van der Waals surface area contributed by atoms with Gasteiger partial charge in [0.1, 0.15) is 5.75 Å². The third-order valence-electron chi connectivity index (χ3n) is 3.93. The van der Waals surface area contributed by atoms with E-state index < -0.39 is 30.8 Å². The van der Waals surface area contributed by atoms with Gasteiger partial charge in [0.25, 0.3) is 11.6 Å². The zero-order chi connectivity index (χ0) is 19.7. The first-order valence-corrected chi connectivity index (χ1v) is 8.32. The topological polar surface area (TPSA) is 62.1 Å². The Labute approximate surface area is 150 Å². The quantitative estimate of drug-likeness (QED) is 0.860. The summed E-state index contributed by atoms with van der Waals surface area (Å²) in [6.07, 6.45) is -5.51. The van der Waals surface area contributed by atoms with Gasteiger partial charge in [0.15, 0.2) is 6.61 Å². The summed E-state index contributed by atoms with van der Waals surface area (Å²) < 4.78 is 45.5. The summed E-state index contributed by atoms with van der Waals surface area (Å²) in [4.78, 5) is 12.3. The van der Waals surface area contributed by atoms with Crippen LogP contribution in [0.15, 0.2) is 23.3 Å². The molecule has 0 radical (unpaired) electrons. The highest BCUT2D eigenvalue weighted by molar-refractivity contribution is 5.91. The molecule has 5 nitrogen and oxygen atoms in total. The Morgan fingerprint density at radius 1 is 1.31 bits per heavy atom. The maximum Gasteiger partial charge on any atom is 0.438 e. The molecule has 1 atom stereocenters. The fraction of sp³-hybridized carbons (Fsp3) is 0.556. The highest BCUT2D eigenvalue weighted by Gasteiger charge is 2.63. The lowest BCUT2D eigenvalue weighted by molar-refractivity contribution is -0.302. The first-order valence-electron chi connectivity index (χ1n) is 8.32. The van der Waals surface area contributed by atoms with Gasteiger partial charge in [0.2, 0.25) is 0 Å². The van der Waals surface area contributed by atoms with Gasteiger partial charge in [-0.2, -0.15) is 23.3 Å². The molecule has 0 saturated heterocycles. The number of carbonyl (C=O) groups excluding carboxylic acids is 1. The summed E-state index contributed by atoms with van der Waals surface area (Å²) in [6, 6.07) is 5.25. The molecular formula is C18H23F3N2O3. The van der Waals surface area contributed by atoms with Gasteiger partial charge in [-0.1, -0.05) is 19.9 Å². The van der Waals surface area contributed by atoms with Crippen LogP contribution in [0.5, 0.6) is 5.75 Å². The monoisotopic (exact) mass is 372 g/mol. The normalized spacial score (nSPS) is 20.5. The van der Waals surface area contributed by atoms with Crippen LogP contribution in [-0.2, 0) is 4.79 Å². The Balaban J connectivity index is 2.18. The maximum atomic E-state index is 13.4. The van der Waals surface area contributed by atoms with Gasteiger partial charge < -0.3 is 9.84 Å². The van der Waals surface area contributed by atoms with Crippen molar-refractivity contribution in [2.45, 2.75) is 52.4 Å². The molecule has 26 heavy (non-hydrogen) atoms. The molecule has 1 heterocycles. The van der Waals surface area contributed by atoms with Crippen LogP contribution in [0, 0.1) is 19.8 Å². The lowest BCUT2D eigenvalue weighted by atomic mass is 9.99. The van der Waals surface area contributed by atoms with E-state index in [-0.39, 0.29) is 23.1 Å². The molecule has 0 unspecified atom stereocenters. The van der Waals surface area contributed by atoms with E-state index in [2.05, 4.69) is 5.10 Å². The van der Waals surface area contributed by atoms with E-state index >= 15 is 0 Å². The average molecular weight is 372 g/mol. The van der Waals surface area contributed by atoms with Gasteiger partial charge in [-0.3, -0.25) is 4.79 Å². The van der Waals surface area contributed by atoms with Crippen LogP contribution in [0.2, 0.25) is 0 Å². The van der Waals surface area contributed by atoms with Crippen LogP contribution in [0.4, 0.5) is 13.2 Å². The van der Waals surface area contributed by atoms with Gasteiger partial charge in [-0.05, 0) is 49.4 Å². The lowest BCUT2D eigenvalue weighted by Crippen LogP contribution is -2.57. The number of aryl methyl sites for hydroxylation is 2. The molecule has 0 bridgehead atoms. The van der Waals surface area contributed by atoms with E-state index in [1.54, 1.807) is 12.1 Å². The van der Waals surface area contributed by atoms with Crippen LogP contribution < -0.4 is 4.74 Å². The summed E-state index contributed by atoms with van der Waals surface area (Å²) >= 11 is 0. The SMILES string of the molecule is Cc1cc(C)cc(OCC(=O)N2N=C(CC(C)C)C[C@]2(O)C(F)(F)F)c1. The first-order chi connectivity index (χ1) is 11.9. The molecule has 0 aliphatic carbocycles.